The first-order chi connectivity index (χ1) is 12.9. The van der Waals surface area contributed by atoms with Gasteiger partial charge in [-0.1, -0.05) is 30.3 Å². The average Bonchev–Trinajstić information content (AvgIpc) is 2.99. The van der Waals surface area contributed by atoms with Gasteiger partial charge < -0.3 is 10.7 Å². The van der Waals surface area contributed by atoms with Crippen LogP contribution in [0.25, 0.3) is 22.0 Å². The van der Waals surface area contributed by atoms with Crippen molar-refractivity contribution in [3.63, 3.8) is 0 Å². The smallest absolute Gasteiger partial charge is 0.250 e. The maximum absolute atomic E-state index is 12.0. The van der Waals surface area contributed by atoms with E-state index in [1.165, 1.54) is 0 Å². The van der Waals surface area contributed by atoms with Gasteiger partial charge in [0.05, 0.1) is 22.6 Å². The molecule has 27 heavy (non-hydrogen) atoms. The second kappa shape index (κ2) is 6.85. The third kappa shape index (κ3) is 3.49. The van der Waals surface area contributed by atoms with Crippen molar-refractivity contribution in [2.75, 3.05) is 11.5 Å². The van der Waals surface area contributed by atoms with Crippen LogP contribution in [0.5, 0.6) is 0 Å². The minimum atomic E-state index is -2.95. The molecular weight excluding hydrogens is 360 g/mol. The first kappa shape index (κ1) is 17.8. The normalized spacial score (nSPS) is 19.6. The Hall–Kier alpha value is -2.60. The number of carbonyl (C=O) groups is 1. The Morgan fingerprint density at radius 1 is 1.04 bits per heavy atom. The molecule has 1 amide bonds. The van der Waals surface area contributed by atoms with Crippen molar-refractivity contribution in [2.24, 2.45) is 5.73 Å². The molecule has 140 valence electrons. The highest BCUT2D eigenvalue weighted by Crippen LogP contribution is 2.37. The molecule has 3 N–H and O–H groups in total. The Balaban J connectivity index is 1.85. The molecule has 1 unspecified atom stereocenters. The molecule has 1 aromatic heterocycles. The minimum absolute atomic E-state index is 0.155. The van der Waals surface area contributed by atoms with E-state index in [0.717, 1.165) is 34.0 Å². The zero-order valence-corrected chi connectivity index (χ0v) is 15.8. The highest BCUT2D eigenvalue weighted by atomic mass is 32.2. The first-order valence-electron chi connectivity index (χ1n) is 9.15. The summed E-state index contributed by atoms with van der Waals surface area (Å²) in [6.07, 6.45) is 4.01. The van der Waals surface area contributed by atoms with E-state index in [1.807, 2.05) is 42.6 Å². The lowest BCUT2D eigenvalue weighted by molar-refractivity contribution is 0.100. The van der Waals surface area contributed by atoms with Crippen molar-refractivity contribution >= 4 is 26.6 Å². The van der Waals surface area contributed by atoms with Gasteiger partial charge in [0.2, 0.25) is 0 Å². The predicted molar refractivity (Wildman–Crippen MR) is 107 cm³/mol. The SMILES string of the molecule is NC(=O)c1cc(-c2ccccc2)cc2c(C3CCCS(=O)(=O)CC3)c[nH]c12. The molecule has 0 spiro atoms. The molecule has 6 heteroatoms. The van der Waals surface area contributed by atoms with Crippen LogP contribution < -0.4 is 5.73 Å². The third-order valence-corrected chi connectivity index (χ3v) is 7.19. The maximum Gasteiger partial charge on any atom is 0.250 e. The third-order valence-electron chi connectivity index (χ3n) is 5.42. The number of rotatable bonds is 3. The van der Waals surface area contributed by atoms with E-state index in [-0.39, 0.29) is 17.4 Å². The number of aromatic amines is 1. The lowest BCUT2D eigenvalue weighted by Crippen LogP contribution is -2.11. The summed E-state index contributed by atoms with van der Waals surface area (Å²) in [7, 11) is -2.95. The van der Waals surface area contributed by atoms with Crippen molar-refractivity contribution in [1.82, 2.24) is 4.98 Å². The number of carbonyl (C=O) groups excluding carboxylic acids is 1. The lowest BCUT2D eigenvalue weighted by Gasteiger charge is -2.13. The lowest BCUT2D eigenvalue weighted by atomic mass is 9.90. The van der Waals surface area contributed by atoms with Crippen molar-refractivity contribution in [1.29, 1.82) is 0 Å². The molecule has 0 saturated carbocycles. The Morgan fingerprint density at radius 3 is 2.56 bits per heavy atom. The van der Waals surface area contributed by atoms with Crippen molar-refractivity contribution < 1.29 is 13.2 Å². The molecule has 5 nitrogen and oxygen atoms in total. The minimum Gasteiger partial charge on any atom is -0.366 e. The van der Waals surface area contributed by atoms with Gasteiger partial charge in [-0.05, 0) is 54.0 Å². The number of primary amides is 1. The van der Waals surface area contributed by atoms with E-state index in [9.17, 15) is 13.2 Å². The number of benzene rings is 2. The molecule has 1 fully saturated rings. The molecule has 2 aromatic carbocycles. The summed E-state index contributed by atoms with van der Waals surface area (Å²) >= 11 is 0. The van der Waals surface area contributed by atoms with E-state index < -0.39 is 15.7 Å². The highest BCUT2D eigenvalue weighted by molar-refractivity contribution is 7.91. The molecule has 2 heterocycles. The van der Waals surface area contributed by atoms with E-state index in [2.05, 4.69) is 11.1 Å². The number of nitrogens with two attached hydrogens (primary N) is 1. The van der Waals surface area contributed by atoms with Crippen LogP contribution in [0, 0.1) is 0 Å². The monoisotopic (exact) mass is 382 g/mol. The first-order valence-corrected chi connectivity index (χ1v) is 11.0. The van der Waals surface area contributed by atoms with Gasteiger partial charge in [-0.15, -0.1) is 0 Å². The van der Waals surface area contributed by atoms with Crippen LogP contribution in [-0.4, -0.2) is 30.8 Å². The fraction of sp³-hybridized carbons (Fsp3) is 0.286. The molecule has 1 saturated heterocycles. The van der Waals surface area contributed by atoms with Crippen molar-refractivity contribution in [3.8, 4) is 11.1 Å². The molecule has 1 atom stereocenters. The highest BCUT2D eigenvalue weighted by Gasteiger charge is 2.25. The fourth-order valence-electron chi connectivity index (χ4n) is 4.01. The van der Waals surface area contributed by atoms with E-state index >= 15 is 0 Å². The Morgan fingerprint density at radius 2 is 1.81 bits per heavy atom. The largest absolute Gasteiger partial charge is 0.366 e. The zero-order valence-electron chi connectivity index (χ0n) is 14.9. The van der Waals surface area contributed by atoms with Crippen LogP contribution >= 0.6 is 0 Å². The number of aromatic nitrogens is 1. The number of H-pyrrole nitrogens is 1. The molecule has 1 aliphatic heterocycles. The van der Waals surface area contributed by atoms with E-state index in [0.29, 0.717) is 18.4 Å². The maximum atomic E-state index is 12.0. The summed E-state index contributed by atoms with van der Waals surface area (Å²) in [5.74, 6) is 0.149. The van der Waals surface area contributed by atoms with Crippen LogP contribution in [0.4, 0.5) is 0 Å². The number of nitrogens with one attached hydrogen (secondary N) is 1. The van der Waals surface area contributed by atoms with E-state index in [4.69, 9.17) is 5.73 Å². The second-order valence-corrected chi connectivity index (χ2v) is 9.50. The topological polar surface area (TPSA) is 93.0 Å². The Bertz CT molecular complexity index is 1100. The van der Waals surface area contributed by atoms with Gasteiger partial charge in [0.15, 0.2) is 0 Å². The number of sulfone groups is 1. The van der Waals surface area contributed by atoms with Gasteiger partial charge >= 0.3 is 0 Å². The Kier molecular flexibility index (Phi) is 4.52. The number of amides is 1. The summed E-state index contributed by atoms with van der Waals surface area (Å²) in [4.78, 5) is 15.3. The molecule has 3 aromatic rings. The molecule has 0 radical (unpaired) electrons. The van der Waals surface area contributed by atoms with Gasteiger partial charge in [0, 0.05) is 11.6 Å². The molecule has 1 aliphatic rings. The van der Waals surface area contributed by atoms with Crippen molar-refractivity contribution in [2.45, 2.75) is 25.2 Å². The van der Waals surface area contributed by atoms with Gasteiger partial charge in [0.25, 0.3) is 5.91 Å². The fourth-order valence-corrected chi connectivity index (χ4v) is 5.47. The van der Waals surface area contributed by atoms with E-state index in [1.54, 1.807) is 0 Å². The van der Waals surface area contributed by atoms with Gasteiger partial charge in [-0.25, -0.2) is 8.42 Å². The van der Waals surface area contributed by atoms with Gasteiger partial charge in [0.1, 0.15) is 9.84 Å². The molecule has 0 bridgehead atoms. The van der Waals surface area contributed by atoms with Crippen LogP contribution in [0.1, 0.15) is 41.1 Å². The second-order valence-electron chi connectivity index (χ2n) is 7.20. The van der Waals surface area contributed by atoms with Crippen LogP contribution in [0.2, 0.25) is 0 Å². The number of hydrogen-bond donors (Lipinski definition) is 2. The van der Waals surface area contributed by atoms with Crippen LogP contribution in [0.15, 0.2) is 48.7 Å². The number of hydrogen-bond acceptors (Lipinski definition) is 3. The van der Waals surface area contributed by atoms with Crippen molar-refractivity contribution in [3.05, 3.63) is 59.8 Å². The molecule has 4 rings (SSSR count). The van der Waals surface area contributed by atoms with Crippen LogP contribution in [-0.2, 0) is 9.84 Å². The summed E-state index contributed by atoms with van der Waals surface area (Å²) in [6, 6.07) is 13.7. The van der Waals surface area contributed by atoms with Gasteiger partial charge in [-0.3, -0.25) is 4.79 Å². The summed E-state index contributed by atoms with van der Waals surface area (Å²) in [6.45, 7) is 0. The number of fused-ring (bicyclic) bond motifs is 1. The molecule has 0 aliphatic carbocycles. The quantitative estimate of drug-likeness (QED) is 0.724. The molecular formula is C21H22N2O3S. The predicted octanol–water partition coefficient (Wildman–Crippen LogP) is 3.62. The average molecular weight is 382 g/mol. The standard InChI is InChI=1S/C21H22N2O3S/c22-21(24)18-12-16(14-5-2-1-3-6-14)11-17-19(13-23-20(17)18)15-7-4-9-27(25,26)10-8-15/h1-3,5-6,11-13,15,23H,4,7-10H2,(H2,22,24). The summed E-state index contributed by atoms with van der Waals surface area (Å²) in [5.41, 5.74) is 9.83. The van der Waals surface area contributed by atoms with Gasteiger partial charge in [-0.2, -0.15) is 0 Å². The summed E-state index contributed by atoms with van der Waals surface area (Å²) < 4.78 is 23.9. The summed E-state index contributed by atoms with van der Waals surface area (Å²) in [5, 5.41) is 0.953. The van der Waals surface area contributed by atoms with Crippen LogP contribution in [0.3, 0.4) is 0 Å². The Labute approximate surface area is 158 Å². The zero-order chi connectivity index (χ0) is 19.0.